The molecule has 0 atom stereocenters. The van der Waals surface area contributed by atoms with Crippen molar-refractivity contribution in [3.8, 4) is 33.8 Å². The van der Waals surface area contributed by atoms with Crippen LogP contribution in [0.5, 0.6) is 11.5 Å². The van der Waals surface area contributed by atoms with Gasteiger partial charge >= 0.3 is 18.2 Å². The van der Waals surface area contributed by atoms with Gasteiger partial charge in [-0.25, -0.2) is 31.1 Å². The predicted molar refractivity (Wildman–Crippen MR) is 137 cm³/mol. The molecule has 0 saturated carbocycles. The van der Waals surface area contributed by atoms with Crippen LogP contribution < -0.4 is 9.47 Å². The van der Waals surface area contributed by atoms with Gasteiger partial charge in [0.05, 0.1) is 6.61 Å². The molecule has 0 radical (unpaired) electrons. The van der Waals surface area contributed by atoms with Crippen molar-refractivity contribution in [1.82, 2.24) is 0 Å². The van der Waals surface area contributed by atoms with Crippen LogP contribution in [0, 0.1) is 34.9 Å². The topological polar surface area (TPSA) is 61.8 Å². The van der Waals surface area contributed by atoms with Crippen LogP contribution in [0.25, 0.3) is 22.3 Å². The van der Waals surface area contributed by atoms with Crippen molar-refractivity contribution in [3.63, 3.8) is 0 Å². The smallest absolute Gasteiger partial charge is 0.459 e. The maximum absolute atomic E-state index is 13.4. The number of rotatable bonds is 9. The molecule has 0 unspecified atom stereocenters. The molecule has 4 aromatic carbocycles. The molecule has 0 fully saturated rings. The van der Waals surface area contributed by atoms with Crippen LogP contribution in [-0.4, -0.2) is 31.1 Å². The van der Waals surface area contributed by atoms with E-state index in [1.165, 1.54) is 31.2 Å². The lowest BCUT2D eigenvalue weighted by Gasteiger charge is -2.16. The Bertz CT molecular complexity index is 1610. The van der Waals surface area contributed by atoms with E-state index >= 15 is 0 Å². The number of carbonyl (C=O) groups is 2. The standard InChI is InChI=1S/C16H11F5O3.C14H7F5O2/c1-2-23-15(22)16(20,21)24-11-5-3-9(4-6-11)10-7-12(17)14(19)13(18)8-10;15-11-5-9(6-12(16)13(11)17)8-1-3-10(4-2-8)21-14(18,19)7-20/h3-8H,2H2,1H3;1-7H. The summed E-state index contributed by atoms with van der Waals surface area (Å²) in [7, 11) is 0. The Balaban J connectivity index is 0.000000248. The zero-order valence-corrected chi connectivity index (χ0v) is 22.5. The number of ether oxygens (including phenoxy) is 3. The zero-order chi connectivity index (χ0) is 33.5. The monoisotopic (exact) mass is 648 g/mol. The Morgan fingerprint density at radius 3 is 1.31 bits per heavy atom. The minimum atomic E-state index is -4.17. The summed E-state index contributed by atoms with van der Waals surface area (Å²) < 4.78 is 143. The van der Waals surface area contributed by atoms with Crippen LogP contribution in [0.2, 0.25) is 0 Å². The highest BCUT2D eigenvalue weighted by Gasteiger charge is 2.44. The minimum absolute atomic E-state index is 0.00935. The molecule has 4 aromatic rings. The first-order chi connectivity index (χ1) is 21.1. The second kappa shape index (κ2) is 14.1. The SMILES string of the molecule is CCOC(=O)C(F)(F)Oc1ccc(-c2cc(F)c(F)c(F)c2)cc1.O=CC(F)(F)Oc1ccc(-c2cc(F)c(F)c(F)c2)cc1. The lowest BCUT2D eigenvalue weighted by atomic mass is 10.1. The first kappa shape index (κ1) is 34.4. The van der Waals surface area contributed by atoms with Crippen molar-refractivity contribution in [2.45, 2.75) is 19.1 Å². The van der Waals surface area contributed by atoms with Crippen molar-refractivity contribution in [1.29, 1.82) is 0 Å². The number of hydrogen-bond donors (Lipinski definition) is 0. The number of esters is 1. The van der Waals surface area contributed by atoms with Crippen LogP contribution in [0.4, 0.5) is 43.9 Å². The van der Waals surface area contributed by atoms with Crippen LogP contribution in [0.15, 0.2) is 72.8 Å². The van der Waals surface area contributed by atoms with Gasteiger partial charge in [0, 0.05) is 0 Å². The van der Waals surface area contributed by atoms with E-state index in [-0.39, 0.29) is 40.4 Å². The fourth-order valence-corrected chi connectivity index (χ4v) is 3.46. The van der Waals surface area contributed by atoms with Gasteiger partial charge in [-0.1, -0.05) is 24.3 Å². The summed E-state index contributed by atoms with van der Waals surface area (Å²) in [4.78, 5) is 21.1. The molecule has 0 spiro atoms. The Morgan fingerprint density at radius 1 is 0.622 bits per heavy atom. The molecule has 0 aliphatic rings. The molecule has 0 aliphatic heterocycles. The van der Waals surface area contributed by atoms with Crippen molar-refractivity contribution < 1.29 is 67.7 Å². The Kier molecular flexibility index (Phi) is 10.8. The molecular weight excluding hydrogens is 630 g/mol. The van der Waals surface area contributed by atoms with Crippen molar-refractivity contribution >= 4 is 12.3 Å². The van der Waals surface area contributed by atoms with Gasteiger partial charge in [0.1, 0.15) is 11.5 Å². The van der Waals surface area contributed by atoms with Crippen LogP contribution >= 0.6 is 0 Å². The van der Waals surface area contributed by atoms with Gasteiger partial charge in [0.15, 0.2) is 34.9 Å². The molecule has 0 heterocycles. The maximum Gasteiger partial charge on any atom is 0.502 e. The molecule has 238 valence electrons. The highest BCUT2D eigenvalue weighted by Crippen LogP contribution is 2.29. The first-order valence-corrected chi connectivity index (χ1v) is 12.3. The Morgan fingerprint density at radius 2 is 0.978 bits per heavy atom. The number of benzene rings is 4. The van der Waals surface area contributed by atoms with E-state index in [0.29, 0.717) is 0 Å². The number of hydrogen-bond acceptors (Lipinski definition) is 5. The highest BCUT2D eigenvalue weighted by atomic mass is 19.3. The van der Waals surface area contributed by atoms with Crippen molar-refractivity contribution in [2.24, 2.45) is 0 Å². The van der Waals surface area contributed by atoms with Gasteiger partial charge in [0.25, 0.3) is 0 Å². The summed E-state index contributed by atoms with van der Waals surface area (Å²) in [6, 6.07) is 12.3. The number of aldehydes is 1. The van der Waals surface area contributed by atoms with E-state index in [4.69, 9.17) is 0 Å². The number of alkyl halides is 4. The lowest BCUT2D eigenvalue weighted by molar-refractivity contribution is -0.216. The molecule has 5 nitrogen and oxygen atoms in total. The zero-order valence-electron chi connectivity index (χ0n) is 22.5. The van der Waals surface area contributed by atoms with Crippen LogP contribution in [-0.2, 0) is 14.3 Å². The molecule has 15 heteroatoms. The van der Waals surface area contributed by atoms with Crippen molar-refractivity contribution in [3.05, 3.63) is 108 Å². The van der Waals surface area contributed by atoms with Crippen LogP contribution in [0.1, 0.15) is 6.92 Å². The van der Waals surface area contributed by atoms with Gasteiger partial charge < -0.3 is 14.2 Å². The minimum Gasteiger partial charge on any atom is -0.459 e. The quantitative estimate of drug-likeness (QED) is 0.0792. The third-order valence-corrected chi connectivity index (χ3v) is 5.49. The Hall–Kier alpha value is -5.08. The maximum atomic E-state index is 13.4. The summed E-state index contributed by atoms with van der Waals surface area (Å²) in [6.07, 6.45) is -8.80. The van der Waals surface area contributed by atoms with Gasteiger partial charge in [-0.3, -0.25) is 4.79 Å². The van der Waals surface area contributed by atoms with Gasteiger partial charge in [-0.2, -0.15) is 17.6 Å². The van der Waals surface area contributed by atoms with E-state index < -0.39 is 59.4 Å². The summed E-state index contributed by atoms with van der Waals surface area (Å²) >= 11 is 0. The molecule has 0 aromatic heterocycles. The molecule has 0 aliphatic carbocycles. The van der Waals surface area contributed by atoms with Gasteiger partial charge in [-0.05, 0) is 77.7 Å². The summed E-state index contributed by atoms with van der Waals surface area (Å²) in [6.45, 7) is 1.13. The molecule has 45 heavy (non-hydrogen) atoms. The van der Waals surface area contributed by atoms with Crippen LogP contribution in [0.3, 0.4) is 0 Å². The third-order valence-electron chi connectivity index (χ3n) is 5.49. The molecule has 0 saturated heterocycles. The van der Waals surface area contributed by atoms with Crippen molar-refractivity contribution in [2.75, 3.05) is 6.61 Å². The molecule has 0 bridgehead atoms. The second-order valence-electron chi connectivity index (χ2n) is 8.68. The van der Waals surface area contributed by atoms with E-state index in [0.717, 1.165) is 48.5 Å². The largest absolute Gasteiger partial charge is 0.502 e. The van der Waals surface area contributed by atoms with E-state index in [9.17, 15) is 53.5 Å². The third kappa shape index (κ3) is 8.97. The fraction of sp³-hybridized carbons (Fsp3) is 0.133. The average molecular weight is 648 g/mol. The predicted octanol–water partition coefficient (Wildman–Crippen LogP) is 8.25. The second-order valence-corrected chi connectivity index (χ2v) is 8.68. The summed E-state index contributed by atoms with van der Waals surface area (Å²) in [5, 5.41) is 0. The molecular formula is C30H18F10O5. The summed E-state index contributed by atoms with van der Waals surface area (Å²) in [5.41, 5.74) is 0.532. The molecule has 4 rings (SSSR count). The van der Waals surface area contributed by atoms with E-state index in [2.05, 4.69) is 14.2 Å². The average Bonchev–Trinajstić information content (AvgIpc) is 2.99. The normalized spacial score (nSPS) is 11.3. The molecule has 0 N–H and O–H groups in total. The Labute approximate surface area is 247 Å². The van der Waals surface area contributed by atoms with E-state index in [1.807, 2.05) is 0 Å². The van der Waals surface area contributed by atoms with Gasteiger partial charge in [-0.15, -0.1) is 0 Å². The number of carbonyl (C=O) groups excluding carboxylic acids is 2. The van der Waals surface area contributed by atoms with E-state index in [1.54, 1.807) is 0 Å². The highest BCUT2D eigenvalue weighted by molar-refractivity contribution is 5.76. The fourth-order valence-electron chi connectivity index (χ4n) is 3.46. The van der Waals surface area contributed by atoms with Gasteiger partial charge in [0.2, 0.25) is 6.29 Å². The summed E-state index contributed by atoms with van der Waals surface area (Å²) in [5.74, 6) is -11.2. The lowest BCUT2D eigenvalue weighted by Crippen LogP contribution is -2.36. The first-order valence-electron chi connectivity index (χ1n) is 12.3. The number of halogens is 10. The molecule has 0 amide bonds.